The van der Waals surface area contributed by atoms with Crippen LogP contribution in [-0.2, 0) is 9.53 Å². The maximum Gasteiger partial charge on any atom is 0.325 e. The van der Waals surface area contributed by atoms with Crippen LogP contribution in [-0.4, -0.2) is 23.7 Å². The summed E-state index contributed by atoms with van der Waals surface area (Å²) in [6.07, 6.45) is 0.667. The fraction of sp³-hybridized carbons (Fsp3) is 0.889. The number of carbonyl (C=O) groups is 1. The third-order valence-electron chi connectivity index (χ3n) is 1.61. The van der Waals surface area contributed by atoms with Crippen molar-refractivity contribution in [2.24, 2.45) is 11.5 Å². The predicted molar refractivity (Wildman–Crippen MR) is 52.1 cm³/mol. The topological polar surface area (TPSA) is 78.3 Å². The molecule has 0 amide bonds. The molecule has 4 N–H and O–H groups in total. The van der Waals surface area contributed by atoms with Crippen LogP contribution < -0.4 is 11.5 Å². The third-order valence-corrected chi connectivity index (χ3v) is 1.61. The highest BCUT2D eigenvalue weighted by Crippen LogP contribution is 2.09. The van der Waals surface area contributed by atoms with Gasteiger partial charge in [-0.1, -0.05) is 6.92 Å². The van der Waals surface area contributed by atoms with Crippen molar-refractivity contribution in [1.29, 1.82) is 0 Å². The van der Waals surface area contributed by atoms with Crippen LogP contribution in [0.5, 0.6) is 0 Å². The van der Waals surface area contributed by atoms with E-state index in [9.17, 15) is 4.79 Å². The average molecular weight is 188 g/mol. The maximum absolute atomic E-state index is 11.3. The van der Waals surface area contributed by atoms with E-state index >= 15 is 0 Å². The van der Waals surface area contributed by atoms with E-state index in [1.807, 2.05) is 6.92 Å². The minimum absolute atomic E-state index is 0.324. The van der Waals surface area contributed by atoms with Crippen molar-refractivity contribution in [2.45, 2.75) is 51.8 Å². The molecule has 0 spiro atoms. The number of ether oxygens (including phenoxy) is 1. The largest absolute Gasteiger partial charge is 0.459 e. The molecule has 0 rings (SSSR count). The molecule has 4 heteroatoms. The van der Waals surface area contributed by atoms with Gasteiger partial charge < -0.3 is 16.2 Å². The van der Waals surface area contributed by atoms with E-state index in [2.05, 4.69) is 0 Å². The van der Waals surface area contributed by atoms with Crippen molar-refractivity contribution >= 4 is 5.97 Å². The van der Waals surface area contributed by atoms with Gasteiger partial charge in [-0.15, -0.1) is 0 Å². The van der Waals surface area contributed by atoms with E-state index < -0.39 is 17.6 Å². The van der Waals surface area contributed by atoms with Gasteiger partial charge in [-0.3, -0.25) is 4.79 Å². The lowest BCUT2D eigenvalue weighted by atomic mass is 10.1. The fourth-order valence-electron chi connectivity index (χ4n) is 0.799. The van der Waals surface area contributed by atoms with Crippen LogP contribution in [0.2, 0.25) is 0 Å². The highest BCUT2D eigenvalue weighted by Gasteiger charge is 2.25. The molecule has 0 radical (unpaired) electrons. The van der Waals surface area contributed by atoms with Crippen LogP contribution in [0.3, 0.4) is 0 Å². The Balaban J connectivity index is 4.12. The van der Waals surface area contributed by atoms with Crippen molar-refractivity contribution in [3.63, 3.8) is 0 Å². The number of nitrogens with two attached hydrogens (primary N) is 2. The standard InChI is InChI=1S/C9H20N2O2/c1-5-6(10)7(11)8(12)13-9(2,3)4/h6-7H,5,10-11H2,1-4H3/t6-,7-/m0/s1. The first-order valence-electron chi connectivity index (χ1n) is 4.52. The molecular weight excluding hydrogens is 168 g/mol. The third kappa shape index (κ3) is 4.85. The van der Waals surface area contributed by atoms with Crippen LogP contribution in [0.25, 0.3) is 0 Å². The zero-order chi connectivity index (χ0) is 10.6. The molecular formula is C9H20N2O2. The van der Waals surface area contributed by atoms with Gasteiger partial charge in [-0.25, -0.2) is 0 Å². The number of hydrogen-bond donors (Lipinski definition) is 2. The predicted octanol–water partition coefficient (Wildman–Crippen LogP) is 0.393. The van der Waals surface area contributed by atoms with Gasteiger partial charge in [0.25, 0.3) is 0 Å². The summed E-state index contributed by atoms with van der Waals surface area (Å²) in [4.78, 5) is 11.3. The molecule has 0 aromatic rings. The number of rotatable bonds is 3. The molecule has 0 bridgehead atoms. The first kappa shape index (κ1) is 12.4. The maximum atomic E-state index is 11.3. The van der Waals surface area contributed by atoms with E-state index in [0.717, 1.165) is 0 Å². The Morgan fingerprint density at radius 2 is 1.85 bits per heavy atom. The van der Waals surface area contributed by atoms with Crippen LogP contribution in [0.15, 0.2) is 0 Å². The van der Waals surface area contributed by atoms with Crippen LogP contribution in [0.1, 0.15) is 34.1 Å². The molecule has 0 aliphatic carbocycles. The molecule has 2 atom stereocenters. The second-order valence-corrected chi connectivity index (χ2v) is 4.13. The van der Waals surface area contributed by atoms with Gasteiger partial charge in [-0.05, 0) is 27.2 Å². The van der Waals surface area contributed by atoms with Gasteiger partial charge >= 0.3 is 5.97 Å². The van der Waals surface area contributed by atoms with Gasteiger partial charge in [-0.2, -0.15) is 0 Å². The Kier molecular flexibility index (Phi) is 4.36. The normalized spacial score (nSPS) is 16.5. The number of carbonyl (C=O) groups excluding carboxylic acids is 1. The van der Waals surface area contributed by atoms with E-state index in [4.69, 9.17) is 16.2 Å². The first-order chi connectivity index (χ1) is 5.78. The second kappa shape index (κ2) is 4.58. The quantitative estimate of drug-likeness (QED) is 0.628. The lowest BCUT2D eigenvalue weighted by Crippen LogP contribution is -2.49. The van der Waals surface area contributed by atoms with Crippen molar-refractivity contribution in [2.75, 3.05) is 0 Å². The van der Waals surface area contributed by atoms with Crippen LogP contribution in [0, 0.1) is 0 Å². The molecule has 0 heterocycles. The number of hydrogen-bond acceptors (Lipinski definition) is 4. The SMILES string of the molecule is CC[C@H](N)[C@H](N)C(=O)OC(C)(C)C. The van der Waals surface area contributed by atoms with Crippen molar-refractivity contribution in [1.82, 2.24) is 0 Å². The molecule has 0 aromatic carbocycles. The van der Waals surface area contributed by atoms with Gasteiger partial charge in [0.2, 0.25) is 0 Å². The van der Waals surface area contributed by atoms with E-state index in [1.54, 1.807) is 20.8 Å². The summed E-state index contributed by atoms with van der Waals surface area (Å²) in [6.45, 7) is 7.29. The highest BCUT2D eigenvalue weighted by molar-refractivity contribution is 5.76. The monoisotopic (exact) mass is 188 g/mol. The summed E-state index contributed by atoms with van der Waals surface area (Å²) >= 11 is 0. The molecule has 4 nitrogen and oxygen atoms in total. The van der Waals surface area contributed by atoms with Gasteiger partial charge in [0, 0.05) is 6.04 Å². The Morgan fingerprint density at radius 1 is 1.38 bits per heavy atom. The molecule has 0 aliphatic heterocycles. The minimum atomic E-state index is -0.718. The van der Waals surface area contributed by atoms with Crippen LogP contribution in [0.4, 0.5) is 0 Å². The smallest absolute Gasteiger partial charge is 0.325 e. The van der Waals surface area contributed by atoms with E-state index in [1.165, 1.54) is 0 Å². The molecule has 0 unspecified atom stereocenters. The van der Waals surface area contributed by atoms with Gasteiger partial charge in [0.05, 0.1) is 0 Å². The van der Waals surface area contributed by atoms with Gasteiger partial charge in [0.15, 0.2) is 0 Å². The van der Waals surface area contributed by atoms with Gasteiger partial charge in [0.1, 0.15) is 11.6 Å². The van der Waals surface area contributed by atoms with E-state index in [-0.39, 0.29) is 6.04 Å². The Hall–Kier alpha value is -0.610. The summed E-state index contributed by atoms with van der Waals surface area (Å²) in [5.41, 5.74) is 10.7. The Morgan fingerprint density at radius 3 is 2.15 bits per heavy atom. The summed E-state index contributed by atoms with van der Waals surface area (Å²) in [5.74, 6) is -0.429. The van der Waals surface area contributed by atoms with Crippen molar-refractivity contribution < 1.29 is 9.53 Å². The summed E-state index contributed by atoms with van der Waals surface area (Å²) in [7, 11) is 0. The molecule has 0 saturated carbocycles. The lowest BCUT2D eigenvalue weighted by molar-refractivity contribution is -0.157. The fourth-order valence-corrected chi connectivity index (χ4v) is 0.799. The van der Waals surface area contributed by atoms with Crippen molar-refractivity contribution in [3.8, 4) is 0 Å². The average Bonchev–Trinajstić information content (AvgIpc) is 1.98. The molecule has 0 aromatic heterocycles. The Labute approximate surface area is 79.6 Å². The summed E-state index contributed by atoms with van der Waals surface area (Å²) < 4.78 is 5.08. The molecule has 0 fully saturated rings. The molecule has 0 aliphatic rings. The number of esters is 1. The molecule has 78 valence electrons. The van der Waals surface area contributed by atoms with Crippen molar-refractivity contribution in [3.05, 3.63) is 0 Å². The second-order valence-electron chi connectivity index (χ2n) is 4.13. The molecule has 0 saturated heterocycles. The zero-order valence-electron chi connectivity index (χ0n) is 8.83. The molecule has 13 heavy (non-hydrogen) atoms. The summed E-state index contributed by atoms with van der Waals surface area (Å²) in [5, 5.41) is 0. The summed E-state index contributed by atoms with van der Waals surface area (Å²) in [6, 6.07) is -1.04. The van der Waals surface area contributed by atoms with E-state index in [0.29, 0.717) is 6.42 Å². The van der Waals surface area contributed by atoms with Crippen LogP contribution >= 0.6 is 0 Å². The zero-order valence-corrected chi connectivity index (χ0v) is 8.83. The first-order valence-corrected chi connectivity index (χ1v) is 4.52. The highest BCUT2D eigenvalue weighted by atomic mass is 16.6. The Bertz CT molecular complexity index is 175. The minimum Gasteiger partial charge on any atom is -0.459 e. The lowest BCUT2D eigenvalue weighted by Gasteiger charge is -2.24.